The van der Waals surface area contributed by atoms with E-state index in [-0.39, 0.29) is 0 Å². The molecule has 0 spiro atoms. The molecule has 8 nitrogen and oxygen atoms in total. The Labute approximate surface area is 150 Å². The largest absolute Gasteiger partial charge is 0.357 e. The van der Waals surface area contributed by atoms with Gasteiger partial charge in [0.05, 0.1) is 5.69 Å². The molecule has 8 heteroatoms. The number of hydrogen-bond acceptors (Lipinski definition) is 5. The van der Waals surface area contributed by atoms with Gasteiger partial charge >= 0.3 is 0 Å². The zero-order valence-electron chi connectivity index (χ0n) is 14.7. The molecule has 26 heavy (non-hydrogen) atoms. The Kier molecular flexibility index (Phi) is 6.03. The van der Waals surface area contributed by atoms with E-state index in [0.29, 0.717) is 5.56 Å². The Balaban J connectivity index is 2.25. The van der Waals surface area contributed by atoms with Crippen molar-refractivity contribution in [2.45, 2.75) is 13.0 Å². The molecular formula is C18H20N4O4. The summed E-state index contributed by atoms with van der Waals surface area (Å²) >= 11 is 0. The number of hydrogen-bond donors (Lipinski definition) is 3. The molecule has 0 aliphatic rings. The third-order valence-corrected chi connectivity index (χ3v) is 3.88. The van der Waals surface area contributed by atoms with Gasteiger partial charge < -0.3 is 10.2 Å². The number of hydroxylamine groups is 1. The highest BCUT2D eigenvalue weighted by molar-refractivity contribution is 6.08. The summed E-state index contributed by atoms with van der Waals surface area (Å²) in [4.78, 5) is 41.6. The highest BCUT2D eigenvalue weighted by atomic mass is 16.5. The smallest absolute Gasteiger partial charge is 0.275 e. The van der Waals surface area contributed by atoms with Crippen molar-refractivity contribution >= 4 is 17.7 Å². The van der Waals surface area contributed by atoms with E-state index in [2.05, 4.69) is 10.3 Å². The summed E-state index contributed by atoms with van der Waals surface area (Å²) in [6.45, 7) is 1.89. The van der Waals surface area contributed by atoms with E-state index < -0.39 is 23.8 Å². The van der Waals surface area contributed by atoms with Gasteiger partial charge in [-0.1, -0.05) is 18.2 Å². The van der Waals surface area contributed by atoms with Gasteiger partial charge in [0.25, 0.3) is 17.7 Å². The number of aryl methyl sites for hydroxylation is 1. The number of likely N-dealkylation sites (N-methyl/N-ethyl adjacent to an activating group) is 2. The summed E-state index contributed by atoms with van der Waals surface area (Å²) in [5, 5.41) is 11.1. The maximum Gasteiger partial charge on any atom is 0.275 e. The molecule has 1 aromatic carbocycles. The maximum atomic E-state index is 12.6. The standard InChI is InChI=1S/C18H20N4O4/c1-11-5-4-6-14(20-11)12-7-9-13(10-8-12)18(25)22(3)15(16(23)19-2)17(24)21-26/h4-10,15,26H,1-3H3,(H,19,23)(H,21,24). The first kappa shape index (κ1) is 19.1. The molecule has 1 unspecified atom stereocenters. The molecule has 0 aliphatic carbocycles. The molecule has 0 bridgehead atoms. The number of nitrogens with one attached hydrogen (secondary N) is 2. The first-order valence-electron chi connectivity index (χ1n) is 7.85. The molecular weight excluding hydrogens is 336 g/mol. The highest BCUT2D eigenvalue weighted by Crippen LogP contribution is 2.19. The van der Waals surface area contributed by atoms with Crippen LogP contribution in [0.25, 0.3) is 11.3 Å². The predicted octanol–water partition coefficient (Wildman–Crippen LogP) is 0.749. The lowest BCUT2D eigenvalue weighted by molar-refractivity contribution is -0.140. The van der Waals surface area contributed by atoms with Crippen LogP contribution in [-0.4, -0.2) is 52.9 Å². The molecule has 3 N–H and O–H groups in total. The van der Waals surface area contributed by atoms with Gasteiger partial charge in [-0.2, -0.15) is 0 Å². The minimum absolute atomic E-state index is 0.295. The number of rotatable bonds is 5. The Morgan fingerprint density at radius 1 is 1.08 bits per heavy atom. The van der Waals surface area contributed by atoms with Crippen LogP contribution in [0.4, 0.5) is 0 Å². The van der Waals surface area contributed by atoms with Gasteiger partial charge in [-0.15, -0.1) is 0 Å². The van der Waals surface area contributed by atoms with Gasteiger partial charge in [0.1, 0.15) is 0 Å². The first-order valence-corrected chi connectivity index (χ1v) is 7.85. The Hall–Kier alpha value is -3.26. The minimum atomic E-state index is -1.49. The van der Waals surface area contributed by atoms with Crippen LogP contribution in [0.5, 0.6) is 0 Å². The molecule has 3 amide bonds. The average Bonchev–Trinajstić information content (AvgIpc) is 2.67. The van der Waals surface area contributed by atoms with Crippen LogP contribution in [0.1, 0.15) is 16.1 Å². The molecule has 0 fully saturated rings. The van der Waals surface area contributed by atoms with Crippen molar-refractivity contribution in [3.05, 3.63) is 53.7 Å². The predicted molar refractivity (Wildman–Crippen MR) is 94.3 cm³/mol. The fourth-order valence-electron chi connectivity index (χ4n) is 2.48. The van der Waals surface area contributed by atoms with Crippen LogP contribution in [-0.2, 0) is 9.59 Å². The molecule has 1 aromatic heterocycles. The van der Waals surface area contributed by atoms with E-state index in [4.69, 9.17) is 5.21 Å². The lowest BCUT2D eigenvalue weighted by Crippen LogP contribution is -2.54. The van der Waals surface area contributed by atoms with Crippen molar-refractivity contribution in [2.24, 2.45) is 0 Å². The molecule has 0 saturated heterocycles. The van der Waals surface area contributed by atoms with E-state index in [0.717, 1.165) is 21.9 Å². The van der Waals surface area contributed by atoms with Crippen LogP contribution in [0, 0.1) is 6.92 Å². The second-order valence-corrected chi connectivity index (χ2v) is 5.65. The molecule has 1 heterocycles. The summed E-state index contributed by atoms with van der Waals surface area (Å²) in [5.74, 6) is -2.25. The van der Waals surface area contributed by atoms with Crippen molar-refractivity contribution in [3.63, 3.8) is 0 Å². The van der Waals surface area contributed by atoms with Gasteiger partial charge in [-0.3, -0.25) is 24.6 Å². The molecule has 0 saturated carbocycles. The number of carbonyl (C=O) groups is 3. The molecule has 136 valence electrons. The summed E-state index contributed by atoms with van der Waals surface area (Å²) in [7, 11) is 2.65. The Morgan fingerprint density at radius 3 is 2.27 bits per heavy atom. The van der Waals surface area contributed by atoms with E-state index in [1.54, 1.807) is 24.3 Å². The Morgan fingerprint density at radius 2 is 1.73 bits per heavy atom. The molecule has 1 atom stereocenters. The molecule has 2 aromatic rings. The third kappa shape index (κ3) is 4.04. The lowest BCUT2D eigenvalue weighted by Gasteiger charge is -2.25. The van der Waals surface area contributed by atoms with Gasteiger partial charge in [-0.05, 0) is 31.2 Å². The average molecular weight is 356 g/mol. The second-order valence-electron chi connectivity index (χ2n) is 5.65. The maximum absolute atomic E-state index is 12.6. The van der Waals surface area contributed by atoms with E-state index >= 15 is 0 Å². The van der Waals surface area contributed by atoms with Gasteiger partial charge in [-0.25, -0.2) is 5.48 Å². The van der Waals surface area contributed by atoms with Crippen LogP contribution >= 0.6 is 0 Å². The van der Waals surface area contributed by atoms with Crippen molar-refractivity contribution in [1.29, 1.82) is 0 Å². The van der Waals surface area contributed by atoms with Crippen molar-refractivity contribution < 1.29 is 19.6 Å². The summed E-state index contributed by atoms with van der Waals surface area (Å²) < 4.78 is 0. The first-order chi connectivity index (χ1) is 12.4. The quantitative estimate of drug-likeness (QED) is 0.416. The monoisotopic (exact) mass is 356 g/mol. The number of carbonyl (C=O) groups excluding carboxylic acids is 3. The summed E-state index contributed by atoms with van der Waals surface area (Å²) in [6.07, 6.45) is 0. The number of nitrogens with zero attached hydrogens (tertiary/aromatic N) is 2. The summed E-state index contributed by atoms with van der Waals surface area (Å²) in [5.41, 5.74) is 4.19. The molecule has 2 rings (SSSR count). The minimum Gasteiger partial charge on any atom is -0.357 e. The van der Waals surface area contributed by atoms with E-state index in [1.165, 1.54) is 19.6 Å². The van der Waals surface area contributed by atoms with Crippen molar-refractivity contribution in [2.75, 3.05) is 14.1 Å². The van der Waals surface area contributed by atoms with Gasteiger partial charge in [0.2, 0.25) is 0 Å². The SMILES string of the molecule is CNC(=O)C(C(=O)NO)N(C)C(=O)c1ccc(-c2cccc(C)n2)cc1. The van der Waals surface area contributed by atoms with E-state index in [9.17, 15) is 14.4 Å². The Bertz CT molecular complexity index is 804. The topological polar surface area (TPSA) is 112 Å². The van der Waals surface area contributed by atoms with Gasteiger partial charge in [0, 0.05) is 30.9 Å². The number of benzene rings is 1. The third-order valence-electron chi connectivity index (χ3n) is 3.88. The number of amides is 3. The second kappa shape index (κ2) is 8.21. The van der Waals surface area contributed by atoms with Crippen molar-refractivity contribution in [3.8, 4) is 11.3 Å². The normalized spacial score (nSPS) is 11.4. The highest BCUT2D eigenvalue weighted by Gasteiger charge is 2.33. The summed E-state index contributed by atoms with van der Waals surface area (Å²) in [6, 6.07) is 10.8. The molecule has 0 aliphatic heterocycles. The fraction of sp³-hybridized carbons (Fsp3) is 0.222. The lowest BCUT2D eigenvalue weighted by atomic mass is 10.1. The van der Waals surface area contributed by atoms with Crippen LogP contribution < -0.4 is 10.8 Å². The number of pyridine rings is 1. The van der Waals surface area contributed by atoms with Crippen LogP contribution in [0.15, 0.2) is 42.5 Å². The number of aromatic nitrogens is 1. The fourth-order valence-corrected chi connectivity index (χ4v) is 2.48. The zero-order valence-corrected chi connectivity index (χ0v) is 14.7. The van der Waals surface area contributed by atoms with Crippen molar-refractivity contribution in [1.82, 2.24) is 20.7 Å². The molecule has 0 radical (unpaired) electrons. The zero-order chi connectivity index (χ0) is 19.3. The van der Waals surface area contributed by atoms with Gasteiger partial charge in [0.15, 0.2) is 6.04 Å². The van der Waals surface area contributed by atoms with Crippen LogP contribution in [0.2, 0.25) is 0 Å². The van der Waals surface area contributed by atoms with Crippen LogP contribution in [0.3, 0.4) is 0 Å². The van der Waals surface area contributed by atoms with E-state index in [1.807, 2.05) is 25.1 Å².